The molecule has 6 heteroatoms. The van der Waals surface area contributed by atoms with Crippen molar-refractivity contribution in [1.82, 2.24) is 5.32 Å². The molecule has 1 aromatic rings. The van der Waals surface area contributed by atoms with Gasteiger partial charge in [-0.1, -0.05) is 18.2 Å². The minimum absolute atomic E-state index is 0.383. The fourth-order valence-corrected chi connectivity index (χ4v) is 1.35. The van der Waals surface area contributed by atoms with Crippen molar-refractivity contribution in [1.29, 1.82) is 5.26 Å². The number of benzene rings is 1. The van der Waals surface area contributed by atoms with Crippen LogP contribution >= 0.6 is 0 Å². The zero-order chi connectivity index (χ0) is 12.9. The Morgan fingerprint density at radius 3 is 2.59 bits per heavy atom. The van der Waals surface area contributed by atoms with E-state index >= 15 is 0 Å². The summed E-state index contributed by atoms with van der Waals surface area (Å²) in [6.45, 7) is -1.22. The number of methoxy groups -OCH3 is 1. The molecular formula is C11H11F3N2O. The quantitative estimate of drug-likeness (QED) is 0.884. The Morgan fingerprint density at radius 2 is 2.06 bits per heavy atom. The van der Waals surface area contributed by atoms with Gasteiger partial charge in [0.2, 0.25) is 0 Å². The van der Waals surface area contributed by atoms with Gasteiger partial charge in [0.15, 0.2) is 0 Å². The number of para-hydroxylation sites is 1. The van der Waals surface area contributed by atoms with Gasteiger partial charge in [0, 0.05) is 5.56 Å². The zero-order valence-electron chi connectivity index (χ0n) is 9.08. The van der Waals surface area contributed by atoms with Crippen LogP contribution in [0.15, 0.2) is 24.3 Å². The van der Waals surface area contributed by atoms with Crippen LogP contribution in [0, 0.1) is 11.3 Å². The SMILES string of the molecule is COc1ccccc1C(C#N)NCC(F)(F)F. The molecule has 17 heavy (non-hydrogen) atoms. The number of alkyl halides is 3. The first-order chi connectivity index (χ1) is 7.98. The first-order valence-corrected chi connectivity index (χ1v) is 4.80. The van der Waals surface area contributed by atoms with E-state index in [9.17, 15) is 13.2 Å². The van der Waals surface area contributed by atoms with Crippen molar-refractivity contribution in [3.63, 3.8) is 0 Å². The summed E-state index contributed by atoms with van der Waals surface area (Å²) < 4.78 is 41.1. The first-order valence-electron chi connectivity index (χ1n) is 4.80. The van der Waals surface area contributed by atoms with E-state index in [0.717, 1.165) is 0 Å². The molecular weight excluding hydrogens is 233 g/mol. The average Bonchev–Trinajstić information content (AvgIpc) is 2.29. The van der Waals surface area contributed by atoms with Gasteiger partial charge in [-0.3, -0.25) is 5.32 Å². The Bertz CT molecular complexity index is 412. The molecule has 1 N–H and O–H groups in total. The number of nitrogens with zero attached hydrogens (tertiary/aromatic N) is 1. The van der Waals surface area contributed by atoms with E-state index in [1.54, 1.807) is 30.3 Å². The predicted octanol–water partition coefficient (Wildman–Crippen LogP) is 2.41. The van der Waals surface area contributed by atoms with Gasteiger partial charge >= 0.3 is 6.18 Å². The summed E-state index contributed by atoms with van der Waals surface area (Å²) in [7, 11) is 1.40. The maximum atomic E-state index is 12.0. The third-order valence-corrected chi connectivity index (χ3v) is 2.09. The van der Waals surface area contributed by atoms with Crippen LogP contribution in [0.5, 0.6) is 5.75 Å². The van der Waals surface area contributed by atoms with Gasteiger partial charge in [-0.2, -0.15) is 18.4 Å². The summed E-state index contributed by atoms with van der Waals surface area (Å²) in [5, 5.41) is 11.0. The summed E-state index contributed by atoms with van der Waals surface area (Å²) in [5.41, 5.74) is 0.391. The van der Waals surface area contributed by atoms with Gasteiger partial charge in [0.1, 0.15) is 11.8 Å². The van der Waals surface area contributed by atoms with Crippen LogP contribution in [0.1, 0.15) is 11.6 Å². The largest absolute Gasteiger partial charge is 0.496 e. The molecule has 3 nitrogen and oxygen atoms in total. The number of nitriles is 1. The molecule has 0 saturated heterocycles. The zero-order valence-corrected chi connectivity index (χ0v) is 9.08. The van der Waals surface area contributed by atoms with Gasteiger partial charge in [-0.15, -0.1) is 0 Å². The van der Waals surface area contributed by atoms with Gasteiger partial charge in [0.05, 0.1) is 19.7 Å². The molecule has 0 aliphatic heterocycles. The van der Waals surface area contributed by atoms with E-state index in [1.807, 2.05) is 0 Å². The fourth-order valence-electron chi connectivity index (χ4n) is 1.35. The number of hydrogen-bond donors (Lipinski definition) is 1. The van der Waals surface area contributed by atoms with E-state index < -0.39 is 18.8 Å². The maximum absolute atomic E-state index is 12.0. The Labute approximate surface area is 96.8 Å². The molecule has 0 bridgehead atoms. The smallest absolute Gasteiger partial charge is 0.401 e. The summed E-state index contributed by atoms with van der Waals surface area (Å²) >= 11 is 0. The normalized spacial score (nSPS) is 12.9. The van der Waals surface area contributed by atoms with Crippen molar-refractivity contribution in [3.8, 4) is 11.8 Å². The Balaban J connectivity index is 2.84. The lowest BCUT2D eigenvalue weighted by Crippen LogP contribution is -2.31. The van der Waals surface area contributed by atoms with E-state index in [4.69, 9.17) is 10.00 Å². The summed E-state index contributed by atoms with van der Waals surface area (Å²) in [6.07, 6.45) is -4.35. The summed E-state index contributed by atoms with van der Waals surface area (Å²) in [6, 6.07) is 7.19. The van der Waals surface area contributed by atoms with E-state index in [0.29, 0.717) is 11.3 Å². The van der Waals surface area contributed by atoms with Crippen molar-refractivity contribution >= 4 is 0 Å². The Kier molecular flexibility index (Phi) is 4.35. The molecule has 0 aromatic heterocycles. The minimum atomic E-state index is -4.35. The summed E-state index contributed by atoms with van der Waals surface area (Å²) in [5.74, 6) is 0.383. The van der Waals surface area contributed by atoms with Crippen LogP contribution in [0.25, 0.3) is 0 Å². The highest BCUT2D eigenvalue weighted by atomic mass is 19.4. The molecule has 0 aliphatic carbocycles. The van der Waals surface area contributed by atoms with E-state index in [2.05, 4.69) is 5.32 Å². The Morgan fingerprint density at radius 1 is 1.41 bits per heavy atom. The molecule has 0 saturated carbocycles. The average molecular weight is 244 g/mol. The second-order valence-electron chi connectivity index (χ2n) is 3.30. The fraction of sp³-hybridized carbons (Fsp3) is 0.364. The van der Waals surface area contributed by atoms with Gasteiger partial charge in [0.25, 0.3) is 0 Å². The standard InChI is InChI=1S/C11H11F3N2O/c1-17-10-5-3-2-4-8(10)9(6-15)16-7-11(12,13)14/h2-5,9,16H,7H2,1H3. The number of rotatable bonds is 4. The molecule has 0 fully saturated rings. The molecule has 1 atom stereocenters. The minimum Gasteiger partial charge on any atom is -0.496 e. The van der Waals surface area contributed by atoms with Gasteiger partial charge in [-0.05, 0) is 6.07 Å². The van der Waals surface area contributed by atoms with Crippen molar-refractivity contribution in [2.45, 2.75) is 12.2 Å². The monoisotopic (exact) mass is 244 g/mol. The lowest BCUT2D eigenvalue weighted by Gasteiger charge is -2.16. The van der Waals surface area contributed by atoms with E-state index in [1.165, 1.54) is 7.11 Å². The van der Waals surface area contributed by atoms with Crippen LogP contribution in [0.3, 0.4) is 0 Å². The lowest BCUT2D eigenvalue weighted by molar-refractivity contribution is -0.125. The number of hydrogen-bond acceptors (Lipinski definition) is 3. The molecule has 0 aliphatic rings. The third-order valence-electron chi connectivity index (χ3n) is 2.09. The lowest BCUT2D eigenvalue weighted by atomic mass is 10.1. The van der Waals surface area contributed by atoms with Gasteiger partial charge in [-0.25, -0.2) is 0 Å². The molecule has 1 rings (SSSR count). The Hall–Kier alpha value is -1.74. The number of halogens is 3. The first kappa shape index (κ1) is 13.3. The molecule has 0 radical (unpaired) electrons. The van der Waals surface area contributed by atoms with Gasteiger partial charge < -0.3 is 4.74 Å². The second-order valence-corrected chi connectivity index (χ2v) is 3.30. The molecule has 1 unspecified atom stereocenters. The van der Waals surface area contributed by atoms with E-state index in [-0.39, 0.29) is 0 Å². The molecule has 0 heterocycles. The highest BCUT2D eigenvalue weighted by Crippen LogP contribution is 2.25. The maximum Gasteiger partial charge on any atom is 0.401 e. The van der Waals surface area contributed by atoms with Crippen LogP contribution in [-0.2, 0) is 0 Å². The van der Waals surface area contributed by atoms with Crippen molar-refractivity contribution in [2.75, 3.05) is 13.7 Å². The highest BCUT2D eigenvalue weighted by Gasteiger charge is 2.29. The van der Waals surface area contributed by atoms with Crippen LogP contribution in [0.4, 0.5) is 13.2 Å². The number of nitrogens with one attached hydrogen (secondary N) is 1. The van der Waals surface area contributed by atoms with Crippen LogP contribution in [0.2, 0.25) is 0 Å². The second kappa shape index (κ2) is 5.55. The summed E-state index contributed by atoms with van der Waals surface area (Å²) in [4.78, 5) is 0. The van der Waals surface area contributed by atoms with Crippen molar-refractivity contribution in [3.05, 3.63) is 29.8 Å². The highest BCUT2D eigenvalue weighted by molar-refractivity contribution is 5.38. The van der Waals surface area contributed by atoms with Crippen LogP contribution in [-0.4, -0.2) is 19.8 Å². The molecule has 0 amide bonds. The topological polar surface area (TPSA) is 45.0 Å². The third kappa shape index (κ3) is 3.96. The number of ether oxygens (including phenoxy) is 1. The molecule has 92 valence electrons. The molecule has 0 spiro atoms. The predicted molar refractivity (Wildman–Crippen MR) is 55.4 cm³/mol. The van der Waals surface area contributed by atoms with Crippen molar-refractivity contribution in [2.24, 2.45) is 0 Å². The van der Waals surface area contributed by atoms with Crippen LogP contribution < -0.4 is 10.1 Å². The van der Waals surface area contributed by atoms with Crippen molar-refractivity contribution < 1.29 is 17.9 Å². The molecule has 1 aromatic carbocycles.